The van der Waals surface area contributed by atoms with E-state index in [1.54, 1.807) is 13.8 Å². The number of hydrogen-bond acceptors (Lipinski definition) is 4. The van der Waals surface area contributed by atoms with Gasteiger partial charge in [0.2, 0.25) is 15.9 Å². The number of sulfonamides is 1. The Morgan fingerprint density at radius 2 is 1.87 bits per heavy atom. The number of halogens is 2. The Bertz CT molecular complexity index is 1040. The quantitative estimate of drug-likeness (QED) is 0.748. The summed E-state index contributed by atoms with van der Waals surface area (Å²) in [5, 5.41) is 6.81. The van der Waals surface area contributed by atoms with Crippen LogP contribution in [0.5, 0.6) is 0 Å². The number of carbonyl (C=O) groups is 1. The Balaban J connectivity index is 1.69. The predicted octanol–water partition coefficient (Wildman–Crippen LogP) is 3.23. The van der Waals surface area contributed by atoms with E-state index in [4.69, 9.17) is 0 Å². The standard InChI is InChI=1S/C20H26F2N4O3S/c1-13-6-9-25(10-7-13)30(28,29)20-14(2)24-26(15(20)3)11-8-19(27)23-16-4-5-17(21)18(22)12-16/h4-5,12-13H,6-11H2,1-3H3,(H,23,27). The molecule has 10 heteroatoms. The van der Waals surface area contributed by atoms with E-state index in [1.807, 2.05) is 0 Å². The number of aromatic nitrogens is 2. The first-order chi connectivity index (χ1) is 14.1. The van der Waals surface area contributed by atoms with Crippen molar-refractivity contribution in [2.45, 2.75) is 51.5 Å². The van der Waals surface area contributed by atoms with Crippen LogP contribution in [0.15, 0.2) is 23.1 Å². The van der Waals surface area contributed by atoms with Gasteiger partial charge in [0.05, 0.1) is 17.9 Å². The van der Waals surface area contributed by atoms with E-state index in [2.05, 4.69) is 17.3 Å². The minimum atomic E-state index is -3.65. The SMILES string of the molecule is Cc1nn(CCC(=O)Nc2ccc(F)c(F)c2)c(C)c1S(=O)(=O)N1CCC(C)CC1. The molecule has 7 nitrogen and oxygen atoms in total. The second-order valence-corrected chi connectivity index (χ2v) is 9.61. The molecule has 1 aliphatic heterocycles. The van der Waals surface area contributed by atoms with Crippen LogP contribution in [0.4, 0.5) is 14.5 Å². The van der Waals surface area contributed by atoms with Gasteiger partial charge in [-0.15, -0.1) is 0 Å². The molecule has 1 N–H and O–H groups in total. The van der Waals surface area contributed by atoms with E-state index in [-0.39, 0.29) is 23.5 Å². The Labute approximate surface area is 175 Å². The molecular formula is C20H26F2N4O3S. The molecule has 1 aromatic carbocycles. The van der Waals surface area contributed by atoms with E-state index in [0.29, 0.717) is 30.4 Å². The molecule has 1 aliphatic rings. The summed E-state index contributed by atoms with van der Waals surface area (Å²) in [5.41, 5.74) is 1.02. The lowest BCUT2D eigenvalue weighted by Gasteiger charge is -2.29. The van der Waals surface area contributed by atoms with Crippen molar-refractivity contribution in [2.24, 2.45) is 5.92 Å². The Morgan fingerprint density at radius 3 is 2.50 bits per heavy atom. The van der Waals surface area contributed by atoms with Crippen molar-refractivity contribution in [3.63, 3.8) is 0 Å². The van der Waals surface area contributed by atoms with Gasteiger partial charge in [-0.25, -0.2) is 17.2 Å². The van der Waals surface area contributed by atoms with Gasteiger partial charge in [0.25, 0.3) is 0 Å². The number of benzene rings is 1. The van der Waals surface area contributed by atoms with Crippen molar-refractivity contribution < 1.29 is 22.0 Å². The third kappa shape index (κ3) is 4.70. The number of nitrogens with zero attached hydrogens (tertiary/aromatic N) is 3. The lowest BCUT2D eigenvalue weighted by molar-refractivity contribution is -0.116. The summed E-state index contributed by atoms with van der Waals surface area (Å²) in [7, 11) is -3.65. The molecule has 2 aromatic rings. The van der Waals surface area contributed by atoms with Gasteiger partial charge < -0.3 is 5.32 Å². The smallest absolute Gasteiger partial charge is 0.246 e. The summed E-state index contributed by atoms with van der Waals surface area (Å²) in [5.74, 6) is -1.95. The molecule has 1 fully saturated rings. The largest absolute Gasteiger partial charge is 0.326 e. The molecule has 1 amide bonds. The van der Waals surface area contributed by atoms with E-state index in [0.717, 1.165) is 25.0 Å². The first-order valence-electron chi connectivity index (χ1n) is 9.88. The summed E-state index contributed by atoms with van der Waals surface area (Å²) < 4.78 is 55.5. The molecule has 0 saturated carbocycles. The zero-order valence-electron chi connectivity index (χ0n) is 17.3. The van der Waals surface area contributed by atoms with Crippen molar-refractivity contribution in [1.82, 2.24) is 14.1 Å². The molecule has 0 radical (unpaired) electrons. The third-order valence-corrected chi connectivity index (χ3v) is 7.56. The van der Waals surface area contributed by atoms with Crippen molar-refractivity contribution in [1.29, 1.82) is 0 Å². The molecule has 0 bridgehead atoms. The second kappa shape index (κ2) is 8.81. The molecule has 164 valence electrons. The number of hydrogen-bond donors (Lipinski definition) is 1. The molecule has 2 heterocycles. The van der Waals surface area contributed by atoms with Crippen LogP contribution in [-0.2, 0) is 21.4 Å². The molecule has 30 heavy (non-hydrogen) atoms. The van der Waals surface area contributed by atoms with E-state index >= 15 is 0 Å². The summed E-state index contributed by atoms with van der Waals surface area (Å²) in [4.78, 5) is 12.4. The van der Waals surface area contributed by atoms with Crippen LogP contribution in [0.3, 0.4) is 0 Å². The van der Waals surface area contributed by atoms with Gasteiger partial charge in [0, 0.05) is 31.3 Å². The molecule has 0 atom stereocenters. The Hall–Kier alpha value is -2.33. The average Bonchev–Trinajstić information content (AvgIpc) is 2.97. The maximum atomic E-state index is 13.3. The van der Waals surface area contributed by atoms with Gasteiger partial charge in [-0.1, -0.05) is 6.92 Å². The minimum absolute atomic E-state index is 0.00166. The first kappa shape index (κ1) is 22.4. The van der Waals surface area contributed by atoms with Crippen molar-refractivity contribution in [3.05, 3.63) is 41.2 Å². The zero-order valence-corrected chi connectivity index (χ0v) is 18.1. The molecular weight excluding hydrogens is 414 g/mol. The molecule has 1 saturated heterocycles. The van der Waals surface area contributed by atoms with Crippen LogP contribution in [0.2, 0.25) is 0 Å². The zero-order chi connectivity index (χ0) is 22.1. The third-order valence-electron chi connectivity index (χ3n) is 5.41. The van der Waals surface area contributed by atoms with E-state index in [1.165, 1.54) is 15.1 Å². The number of aryl methyl sites for hydroxylation is 2. The fraction of sp³-hybridized carbons (Fsp3) is 0.500. The van der Waals surface area contributed by atoms with Gasteiger partial charge in [-0.3, -0.25) is 9.48 Å². The highest BCUT2D eigenvalue weighted by atomic mass is 32.2. The minimum Gasteiger partial charge on any atom is -0.326 e. The Morgan fingerprint density at radius 1 is 1.20 bits per heavy atom. The summed E-state index contributed by atoms with van der Waals surface area (Å²) in [6.07, 6.45) is 1.66. The molecule has 1 aromatic heterocycles. The lowest BCUT2D eigenvalue weighted by atomic mass is 10.0. The van der Waals surface area contributed by atoms with Gasteiger partial charge in [0.1, 0.15) is 4.90 Å². The van der Waals surface area contributed by atoms with Gasteiger partial charge in [-0.2, -0.15) is 9.40 Å². The van der Waals surface area contributed by atoms with Crippen LogP contribution in [-0.4, -0.2) is 41.5 Å². The van der Waals surface area contributed by atoms with Gasteiger partial charge in [-0.05, 0) is 44.7 Å². The number of anilines is 1. The maximum absolute atomic E-state index is 13.3. The lowest BCUT2D eigenvalue weighted by Crippen LogP contribution is -2.38. The maximum Gasteiger partial charge on any atom is 0.246 e. The van der Waals surface area contributed by atoms with Crippen LogP contribution < -0.4 is 5.32 Å². The van der Waals surface area contributed by atoms with Crippen molar-refractivity contribution >= 4 is 21.6 Å². The molecule has 0 unspecified atom stereocenters. The van der Waals surface area contributed by atoms with Crippen LogP contribution in [0, 0.1) is 31.4 Å². The number of rotatable bonds is 6. The van der Waals surface area contributed by atoms with Gasteiger partial charge >= 0.3 is 0 Å². The number of amides is 1. The van der Waals surface area contributed by atoms with E-state index in [9.17, 15) is 22.0 Å². The highest BCUT2D eigenvalue weighted by molar-refractivity contribution is 7.89. The number of piperidine rings is 1. The van der Waals surface area contributed by atoms with Crippen LogP contribution in [0.25, 0.3) is 0 Å². The van der Waals surface area contributed by atoms with Crippen LogP contribution >= 0.6 is 0 Å². The molecule has 0 aliphatic carbocycles. The van der Waals surface area contributed by atoms with Crippen molar-refractivity contribution in [2.75, 3.05) is 18.4 Å². The van der Waals surface area contributed by atoms with Gasteiger partial charge in [0.15, 0.2) is 11.6 Å². The fourth-order valence-electron chi connectivity index (χ4n) is 3.63. The summed E-state index contributed by atoms with van der Waals surface area (Å²) >= 11 is 0. The Kier molecular flexibility index (Phi) is 6.56. The normalized spacial score (nSPS) is 16.0. The fourth-order valence-corrected chi connectivity index (χ4v) is 5.47. The average molecular weight is 441 g/mol. The molecule has 0 spiro atoms. The predicted molar refractivity (Wildman–Crippen MR) is 108 cm³/mol. The van der Waals surface area contributed by atoms with Crippen molar-refractivity contribution in [3.8, 4) is 0 Å². The molecule has 3 rings (SSSR count). The first-order valence-corrected chi connectivity index (χ1v) is 11.3. The van der Waals surface area contributed by atoms with E-state index < -0.39 is 27.6 Å². The second-order valence-electron chi connectivity index (χ2n) is 7.74. The monoisotopic (exact) mass is 440 g/mol. The highest BCUT2D eigenvalue weighted by Gasteiger charge is 2.33. The summed E-state index contributed by atoms with van der Waals surface area (Å²) in [6, 6.07) is 3.11. The number of nitrogens with one attached hydrogen (secondary N) is 1. The van der Waals surface area contributed by atoms with Crippen LogP contribution in [0.1, 0.15) is 37.6 Å². The highest BCUT2D eigenvalue weighted by Crippen LogP contribution is 2.27. The number of carbonyl (C=O) groups excluding carboxylic acids is 1. The topological polar surface area (TPSA) is 84.3 Å². The summed E-state index contributed by atoms with van der Waals surface area (Å²) in [6.45, 7) is 6.57.